The maximum atomic E-state index is 5.53. The van der Waals surface area contributed by atoms with Crippen LogP contribution < -0.4 is 22.1 Å². The van der Waals surface area contributed by atoms with Gasteiger partial charge in [-0.2, -0.15) is 0 Å². The summed E-state index contributed by atoms with van der Waals surface area (Å²) in [5.74, 6) is 2.84. The molecule has 0 unspecified atom stereocenters. The summed E-state index contributed by atoms with van der Waals surface area (Å²) in [5.41, 5.74) is 17.0. The molecular formula is C33H34N8O2S. The Labute approximate surface area is 261 Å². The third-order valence-electron chi connectivity index (χ3n) is 6.22. The lowest BCUT2D eigenvalue weighted by atomic mass is 10.2. The molecule has 6 N–H and O–H groups in total. The number of thiocarbonyl (C=S) groups is 1. The van der Waals surface area contributed by atoms with Gasteiger partial charge in [-0.15, -0.1) is 0 Å². The van der Waals surface area contributed by atoms with Gasteiger partial charge in [-0.3, -0.25) is 0 Å². The molecule has 0 saturated heterocycles. The highest BCUT2D eigenvalue weighted by Crippen LogP contribution is 2.21. The van der Waals surface area contributed by atoms with E-state index in [0.717, 1.165) is 52.7 Å². The van der Waals surface area contributed by atoms with Gasteiger partial charge < -0.3 is 30.9 Å². The van der Waals surface area contributed by atoms with Crippen LogP contribution in [0, 0.1) is 0 Å². The molecule has 224 valence electrons. The molecule has 0 aliphatic rings. The Morgan fingerprint density at radius 2 is 1.25 bits per heavy atom. The average Bonchev–Trinajstić information content (AvgIpc) is 3.78. The fourth-order valence-electron chi connectivity index (χ4n) is 3.84. The van der Waals surface area contributed by atoms with Gasteiger partial charge in [0.2, 0.25) is 0 Å². The molecule has 10 nitrogen and oxygen atoms in total. The lowest BCUT2D eigenvalue weighted by molar-refractivity contribution is 0.571. The molecule has 4 heterocycles. The van der Waals surface area contributed by atoms with Crippen molar-refractivity contribution < 1.29 is 8.83 Å². The van der Waals surface area contributed by atoms with Gasteiger partial charge in [-0.05, 0) is 109 Å². The van der Waals surface area contributed by atoms with Gasteiger partial charge in [0, 0.05) is 34.9 Å². The molecule has 0 fully saturated rings. The number of nitrogen functional groups attached to an aromatic ring is 2. The molecule has 44 heavy (non-hydrogen) atoms. The summed E-state index contributed by atoms with van der Waals surface area (Å²) >= 11 is 5.32. The van der Waals surface area contributed by atoms with Gasteiger partial charge in [0.15, 0.2) is 29.4 Å². The Balaban J connectivity index is 0.000000174. The molecule has 4 aromatic heterocycles. The monoisotopic (exact) mass is 606 g/mol. The molecule has 6 rings (SSSR count). The predicted molar refractivity (Wildman–Crippen MR) is 180 cm³/mol. The van der Waals surface area contributed by atoms with Crippen LogP contribution in [-0.4, -0.2) is 25.0 Å². The van der Waals surface area contributed by atoms with Crippen molar-refractivity contribution in [3.8, 4) is 22.6 Å². The van der Waals surface area contributed by atoms with Crippen LogP contribution in [0.5, 0.6) is 0 Å². The number of benzene rings is 2. The summed E-state index contributed by atoms with van der Waals surface area (Å²) in [6, 6.07) is 23.1. The number of hydrogen-bond donors (Lipinski definition) is 4. The fraction of sp³-hybridized carbons (Fsp3) is 0.121. The molecule has 11 heteroatoms. The van der Waals surface area contributed by atoms with E-state index in [1.807, 2.05) is 72.8 Å². The molecule has 0 radical (unpaired) electrons. The van der Waals surface area contributed by atoms with Crippen molar-refractivity contribution in [3.05, 3.63) is 121 Å². The first-order chi connectivity index (χ1) is 21.4. The minimum atomic E-state index is 0.498. The van der Waals surface area contributed by atoms with Crippen molar-refractivity contribution in [2.45, 2.75) is 26.7 Å². The third-order valence-corrected chi connectivity index (χ3v) is 6.42. The second-order valence-corrected chi connectivity index (χ2v) is 9.76. The van der Waals surface area contributed by atoms with Crippen molar-refractivity contribution in [2.75, 3.05) is 22.1 Å². The van der Waals surface area contributed by atoms with E-state index in [4.69, 9.17) is 32.5 Å². The van der Waals surface area contributed by atoms with Gasteiger partial charge in [-0.1, -0.05) is 13.8 Å². The van der Waals surface area contributed by atoms with Crippen LogP contribution in [0.25, 0.3) is 22.6 Å². The standard InChI is InChI=1S/C17H16N4OS.C9H8N2O.C7H10N2/c1-2-12-7-8-19-16(9-12)21-17(23)20-14-5-3-13(4-6-14)15-10-18-11-22-15;10-8-3-1-7(2-4-8)9-5-11-6-12-9;1-2-6-3-4-9-7(8)5-6/h3-11H,2H2,1H3,(H2,19,20,21,23);1-6H,10H2;3-5H,2H2,1H3,(H2,8,9). The second-order valence-electron chi connectivity index (χ2n) is 9.36. The summed E-state index contributed by atoms with van der Waals surface area (Å²) in [6.45, 7) is 4.19. The van der Waals surface area contributed by atoms with Crippen LogP contribution in [0.4, 0.5) is 23.0 Å². The zero-order chi connectivity index (χ0) is 31.1. The number of rotatable bonds is 6. The highest BCUT2D eigenvalue weighted by Gasteiger charge is 2.04. The van der Waals surface area contributed by atoms with Crippen LogP contribution in [0.3, 0.4) is 0 Å². The van der Waals surface area contributed by atoms with Crippen LogP contribution in [0.2, 0.25) is 0 Å². The quantitative estimate of drug-likeness (QED) is 0.112. The lowest BCUT2D eigenvalue weighted by Gasteiger charge is -2.10. The van der Waals surface area contributed by atoms with Gasteiger partial charge >= 0.3 is 0 Å². The molecular weight excluding hydrogens is 572 g/mol. The van der Waals surface area contributed by atoms with Crippen molar-refractivity contribution in [1.29, 1.82) is 0 Å². The summed E-state index contributed by atoms with van der Waals surface area (Å²) in [4.78, 5) is 15.9. The van der Waals surface area contributed by atoms with E-state index >= 15 is 0 Å². The zero-order valence-corrected chi connectivity index (χ0v) is 25.3. The highest BCUT2D eigenvalue weighted by atomic mass is 32.1. The van der Waals surface area contributed by atoms with Gasteiger partial charge in [0.1, 0.15) is 11.6 Å². The zero-order valence-electron chi connectivity index (χ0n) is 24.5. The van der Waals surface area contributed by atoms with E-state index in [2.05, 4.69) is 44.4 Å². The molecule has 0 spiro atoms. The first kappa shape index (κ1) is 31.4. The molecule has 0 aliphatic heterocycles. The Hall–Kier alpha value is -5.55. The minimum absolute atomic E-state index is 0.498. The largest absolute Gasteiger partial charge is 0.444 e. The van der Waals surface area contributed by atoms with Crippen molar-refractivity contribution in [3.63, 3.8) is 0 Å². The summed E-state index contributed by atoms with van der Waals surface area (Å²) in [5, 5.41) is 6.72. The molecule has 0 aliphatic carbocycles. The van der Waals surface area contributed by atoms with Crippen LogP contribution in [0.1, 0.15) is 25.0 Å². The molecule has 6 aromatic rings. The fourth-order valence-corrected chi connectivity index (χ4v) is 4.06. The SMILES string of the molecule is CCc1ccnc(N)c1.CCc1ccnc(NC(=S)Nc2ccc(-c3cnco3)cc2)c1.Nc1ccc(-c2cnco2)cc1. The maximum absolute atomic E-state index is 5.53. The van der Waals surface area contributed by atoms with Crippen molar-refractivity contribution in [2.24, 2.45) is 0 Å². The van der Waals surface area contributed by atoms with Gasteiger partial charge in [0.25, 0.3) is 0 Å². The third kappa shape index (κ3) is 9.78. The van der Waals surface area contributed by atoms with Crippen LogP contribution in [0.15, 0.2) is 119 Å². The Morgan fingerprint density at radius 1 is 0.705 bits per heavy atom. The molecule has 0 saturated carbocycles. The normalized spacial score (nSPS) is 10.0. The Bertz CT molecular complexity index is 1710. The number of nitrogens with zero attached hydrogens (tertiary/aromatic N) is 4. The number of oxazole rings is 2. The number of hydrogen-bond acceptors (Lipinski definition) is 9. The molecule has 0 atom stereocenters. The first-order valence-electron chi connectivity index (χ1n) is 13.9. The van der Waals surface area contributed by atoms with E-state index in [0.29, 0.717) is 10.9 Å². The Kier molecular flexibility index (Phi) is 11.5. The molecule has 0 amide bonds. The Morgan fingerprint density at radius 3 is 1.75 bits per heavy atom. The van der Waals surface area contributed by atoms with E-state index in [1.54, 1.807) is 24.8 Å². The smallest absolute Gasteiger partial charge is 0.181 e. The molecule has 2 aromatic carbocycles. The molecule has 0 bridgehead atoms. The lowest BCUT2D eigenvalue weighted by Crippen LogP contribution is -2.19. The summed E-state index contributed by atoms with van der Waals surface area (Å²) in [7, 11) is 0. The van der Waals surface area contributed by atoms with Gasteiger partial charge in [-0.25, -0.2) is 19.9 Å². The van der Waals surface area contributed by atoms with Crippen LogP contribution in [-0.2, 0) is 12.8 Å². The van der Waals surface area contributed by atoms with E-state index in [9.17, 15) is 0 Å². The average molecular weight is 607 g/mol. The number of nitrogens with two attached hydrogens (primary N) is 2. The van der Waals surface area contributed by atoms with E-state index in [-0.39, 0.29) is 0 Å². The second kappa shape index (κ2) is 16.2. The maximum Gasteiger partial charge on any atom is 0.181 e. The highest BCUT2D eigenvalue weighted by molar-refractivity contribution is 7.80. The predicted octanol–water partition coefficient (Wildman–Crippen LogP) is 7.26. The van der Waals surface area contributed by atoms with Crippen LogP contribution >= 0.6 is 12.2 Å². The summed E-state index contributed by atoms with van der Waals surface area (Å²) in [6.07, 6.45) is 11.7. The van der Waals surface area contributed by atoms with Crippen molar-refractivity contribution in [1.82, 2.24) is 19.9 Å². The number of aryl methyl sites for hydroxylation is 2. The number of aromatic nitrogens is 4. The number of nitrogens with one attached hydrogen (secondary N) is 2. The minimum Gasteiger partial charge on any atom is -0.444 e. The van der Waals surface area contributed by atoms with E-state index in [1.165, 1.54) is 23.9 Å². The topological polar surface area (TPSA) is 154 Å². The number of pyridine rings is 2. The summed E-state index contributed by atoms with van der Waals surface area (Å²) < 4.78 is 10.4. The van der Waals surface area contributed by atoms with E-state index < -0.39 is 0 Å². The van der Waals surface area contributed by atoms with Crippen molar-refractivity contribution >= 4 is 40.3 Å². The number of anilines is 4. The van der Waals surface area contributed by atoms with Gasteiger partial charge in [0.05, 0.1) is 12.4 Å². The first-order valence-corrected chi connectivity index (χ1v) is 14.3.